The highest BCUT2D eigenvalue weighted by Crippen LogP contribution is 2.28. The molecule has 1 amide bonds. The van der Waals surface area contributed by atoms with Crippen molar-refractivity contribution in [2.45, 2.75) is 19.9 Å². The molecule has 1 aromatic heterocycles. The summed E-state index contributed by atoms with van der Waals surface area (Å²) in [5, 5.41) is 5.79. The van der Waals surface area contributed by atoms with Gasteiger partial charge < -0.3 is 9.88 Å². The van der Waals surface area contributed by atoms with Gasteiger partial charge in [-0.3, -0.25) is 15.6 Å². The highest BCUT2D eigenvalue weighted by molar-refractivity contribution is 7.80. The van der Waals surface area contributed by atoms with Gasteiger partial charge in [0, 0.05) is 40.5 Å². The monoisotopic (exact) mass is 402 g/mol. The smallest absolute Gasteiger partial charge is 0.240 e. The first kappa shape index (κ1) is 19.0. The molecule has 0 fully saturated rings. The van der Waals surface area contributed by atoms with Gasteiger partial charge in [-0.1, -0.05) is 54.1 Å². The van der Waals surface area contributed by atoms with Crippen LogP contribution in [0.2, 0.25) is 0 Å². The molecule has 0 bridgehead atoms. The SMILES string of the molecule is Cc1ccc(NC(=S)NNC(=O)CCn2c3ccccc3c3ccccc32)cc1. The number of aromatic nitrogens is 1. The van der Waals surface area contributed by atoms with E-state index in [9.17, 15) is 4.79 Å². The zero-order valence-electron chi connectivity index (χ0n) is 16.1. The van der Waals surface area contributed by atoms with Crippen molar-refractivity contribution in [2.75, 3.05) is 5.32 Å². The van der Waals surface area contributed by atoms with Crippen molar-refractivity contribution in [1.82, 2.24) is 15.4 Å². The Morgan fingerprint density at radius 1 is 0.862 bits per heavy atom. The van der Waals surface area contributed by atoms with Gasteiger partial charge in [0.25, 0.3) is 0 Å². The van der Waals surface area contributed by atoms with Gasteiger partial charge in [-0.05, 0) is 43.4 Å². The van der Waals surface area contributed by atoms with Crippen LogP contribution in [0.15, 0.2) is 72.8 Å². The van der Waals surface area contributed by atoms with Crippen LogP contribution in [0.4, 0.5) is 5.69 Å². The van der Waals surface area contributed by atoms with E-state index in [1.54, 1.807) is 0 Å². The van der Waals surface area contributed by atoms with Crippen molar-refractivity contribution >= 4 is 50.7 Å². The normalized spacial score (nSPS) is 10.8. The molecule has 4 rings (SSSR count). The van der Waals surface area contributed by atoms with Gasteiger partial charge in [-0.2, -0.15) is 0 Å². The van der Waals surface area contributed by atoms with E-state index in [-0.39, 0.29) is 5.91 Å². The van der Waals surface area contributed by atoms with E-state index in [4.69, 9.17) is 12.2 Å². The van der Waals surface area contributed by atoms with Gasteiger partial charge in [0.05, 0.1) is 0 Å². The molecule has 3 aromatic carbocycles. The van der Waals surface area contributed by atoms with E-state index in [1.165, 1.54) is 16.3 Å². The average Bonchev–Trinajstić information content (AvgIpc) is 3.06. The highest BCUT2D eigenvalue weighted by atomic mass is 32.1. The van der Waals surface area contributed by atoms with Gasteiger partial charge in [0.2, 0.25) is 5.91 Å². The molecule has 0 aliphatic heterocycles. The first-order valence-electron chi connectivity index (χ1n) is 9.50. The minimum atomic E-state index is -0.125. The van der Waals surface area contributed by atoms with Crippen LogP contribution >= 0.6 is 12.2 Å². The van der Waals surface area contributed by atoms with Crippen LogP contribution in [0.25, 0.3) is 21.8 Å². The second-order valence-electron chi connectivity index (χ2n) is 6.93. The molecule has 0 spiro atoms. The lowest BCUT2D eigenvalue weighted by molar-refractivity contribution is -0.121. The van der Waals surface area contributed by atoms with Crippen molar-refractivity contribution in [1.29, 1.82) is 0 Å². The second-order valence-corrected chi connectivity index (χ2v) is 7.34. The Morgan fingerprint density at radius 3 is 2.07 bits per heavy atom. The first-order valence-corrected chi connectivity index (χ1v) is 9.91. The molecule has 0 unspecified atom stereocenters. The lowest BCUT2D eigenvalue weighted by atomic mass is 10.2. The van der Waals surface area contributed by atoms with E-state index in [1.807, 2.05) is 55.5 Å². The number of nitrogens with zero attached hydrogens (tertiary/aromatic N) is 1. The lowest BCUT2D eigenvalue weighted by Crippen LogP contribution is -2.43. The molecule has 5 nitrogen and oxygen atoms in total. The summed E-state index contributed by atoms with van der Waals surface area (Å²) in [6.45, 7) is 2.61. The molecule has 0 atom stereocenters. The van der Waals surface area contributed by atoms with E-state index in [0.717, 1.165) is 16.7 Å². The number of carbonyl (C=O) groups is 1. The molecule has 0 radical (unpaired) electrons. The molecular formula is C23H22N4OS. The molecule has 0 aliphatic carbocycles. The van der Waals surface area contributed by atoms with Gasteiger partial charge in [0.15, 0.2) is 5.11 Å². The number of thiocarbonyl (C=S) groups is 1. The number of aryl methyl sites for hydroxylation is 2. The van der Waals surface area contributed by atoms with Crippen molar-refractivity contribution in [3.63, 3.8) is 0 Å². The summed E-state index contributed by atoms with van der Waals surface area (Å²) in [6, 6.07) is 24.4. The van der Waals surface area contributed by atoms with E-state index in [0.29, 0.717) is 18.1 Å². The molecule has 6 heteroatoms. The largest absolute Gasteiger partial charge is 0.340 e. The molecule has 0 aliphatic rings. The van der Waals surface area contributed by atoms with Gasteiger partial charge >= 0.3 is 0 Å². The fourth-order valence-electron chi connectivity index (χ4n) is 3.45. The second kappa shape index (κ2) is 8.32. The third-order valence-electron chi connectivity index (χ3n) is 4.87. The van der Waals surface area contributed by atoms with Crippen molar-refractivity contribution in [3.8, 4) is 0 Å². The predicted molar refractivity (Wildman–Crippen MR) is 123 cm³/mol. The van der Waals surface area contributed by atoms with Crippen LogP contribution in [-0.4, -0.2) is 15.6 Å². The molecule has 3 N–H and O–H groups in total. The number of nitrogens with one attached hydrogen (secondary N) is 3. The molecule has 0 saturated heterocycles. The summed E-state index contributed by atoms with van der Waals surface area (Å²) >= 11 is 5.24. The molecule has 1 heterocycles. The summed E-state index contributed by atoms with van der Waals surface area (Å²) < 4.78 is 2.19. The third-order valence-corrected chi connectivity index (χ3v) is 5.07. The number of fused-ring (bicyclic) bond motifs is 3. The van der Waals surface area contributed by atoms with Gasteiger partial charge in [-0.25, -0.2) is 0 Å². The van der Waals surface area contributed by atoms with Gasteiger partial charge in [-0.15, -0.1) is 0 Å². The summed E-state index contributed by atoms with van der Waals surface area (Å²) in [5.74, 6) is -0.125. The number of hydrogen-bond donors (Lipinski definition) is 3. The van der Waals surface area contributed by atoms with E-state index in [2.05, 4.69) is 45.0 Å². The standard InChI is InChI=1S/C23H22N4OS/c1-16-10-12-17(13-11-16)24-23(29)26-25-22(28)14-15-27-20-8-4-2-6-18(20)19-7-3-5-9-21(19)27/h2-13H,14-15H2,1H3,(H,25,28)(H2,24,26,29). The van der Waals surface area contributed by atoms with Crippen LogP contribution in [0.5, 0.6) is 0 Å². The summed E-state index contributed by atoms with van der Waals surface area (Å²) in [6.07, 6.45) is 0.336. The number of amides is 1. The number of carbonyl (C=O) groups excluding carboxylic acids is 1. The van der Waals surface area contributed by atoms with Crippen molar-refractivity contribution in [2.24, 2.45) is 0 Å². The van der Waals surface area contributed by atoms with E-state index < -0.39 is 0 Å². The number of para-hydroxylation sites is 2. The first-order chi connectivity index (χ1) is 14.1. The maximum absolute atomic E-state index is 12.3. The number of hydrazine groups is 1. The van der Waals surface area contributed by atoms with Crippen LogP contribution in [0.1, 0.15) is 12.0 Å². The number of rotatable bonds is 4. The van der Waals surface area contributed by atoms with Crippen LogP contribution in [0.3, 0.4) is 0 Å². The quantitative estimate of drug-likeness (QED) is 0.347. The van der Waals surface area contributed by atoms with Crippen LogP contribution in [-0.2, 0) is 11.3 Å². The molecule has 146 valence electrons. The highest BCUT2D eigenvalue weighted by Gasteiger charge is 2.11. The topological polar surface area (TPSA) is 58.1 Å². The summed E-state index contributed by atoms with van der Waals surface area (Å²) in [5.41, 5.74) is 9.73. The average molecular weight is 403 g/mol. The van der Waals surface area contributed by atoms with E-state index >= 15 is 0 Å². The Kier molecular flexibility index (Phi) is 5.44. The zero-order valence-corrected chi connectivity index (χ0v) is 16.9. The number of anilines is 1. The number of benzene rings is 3. The Balaban J connectivity index is 1.37. The van der Waals surface area contributed by atoms with Crippen LogP contribution in [0, 0.1) is 6.92 Å². The number of hydrogen-bond acceptors (Lipinski definition) is 2. The minimum Gasteiger partial charge on any atom is -0.340 e. The van der Waals surface area contributed by atoms with Gasteiger partial charge in [0.1, 0.15) is 0 Å². The Hall–Kier alpha value is -3.38. The summed E-state index contributed by atoms with van der Waals surface area (Å²) in [7, 11) is 0. The van der Waals surface area contributed by atoms with Crippen molar-refractivity contribution in [3.05, 3.63) is 78.4 Å². The Morgan fingerprint density at radius 2 is 1.45 bits per heavy atom. The minimum absolute atomic E-state index is 0.125. The molecule has 29 heavy (non-hydrogen) atoms. The maximum atomic E-state index is 12.3. The fraction of sp³-hybridized carbons (Fsp3) is 0.130. The molecule has 0 saturated carbocycles. The van der Waals surface area contributed by atoms with Crippen LogP contribution < -0.4 is 16.2 Å². The molecule has 4 aromatic rings. The lowest BCUT2D eigenvalue weighted by Gasteiger charge is -2.12. The predicted octanol–water partition coefficient (Wildman–Crippen LogP) is 4.51. The van der Waals surface area contributed by atoms with Crippen molar-refractivity contribution < 1.29 is 4.79 Å². The Bertz CT molecular complexity index is 1130. The third kappa shape index (κ3) is 4.22. The Labute approximate surface area is 174 Å². The summed E-state index contributed by atoms with van der Waals surface area (Å²) in [4.78, 5) is 12.3. The maximum Gasteiger partial charge on any atom is 0.240 e. The fourth-order valence-corrected chi connectivity index (χ4v) is 3.61. The zero-order chi connectivity index (χ0) is 20.2. The molecular weight excluding hydrogens is 380 g/mol.